The highest BCUT2D eigenvalue weighted by Gasteiger charge is 1.80. The summed E-state index contributed by atoms with van der Waals surface area (Å²) >= 11 is 9.93. The van der Waals surface area contributed by atoms with Gasteiger partial charge in [-0.05, 0) is 0 Å². The van der Waals surface area contributed by atoms with Crippen LogP contribution in [-0.2, 0) is 9.03 Å². The molecule has 4 heteroatoms. The Morgan fingerprint density at radius 1 is 1.29 bits per heavy atom. The Labute approximate surface area is 52.5 Å². The molecule has 0 N–H and O–H groups in total. The molecule has 0 heterocycles. The van der Waals surface area contributed by atoms with E-state index in [-0.39, 0.29) is 6.07 Å². The standard InChI is InChI=1S/C3H6Cl2O2/c4-3-6-1-2-7-5/h1-3H2. The van der Waals surface area contributed by atoms with Gasteiger partial charge in [0.1, 0.15) is 6.07 Å². The zero-order valence-electron chi connectivity index (χ0n) is 3.69. The van der Waals surface area contributed by atoms with Crippen molar-refractivity contribution < 1.29 is 9.03 Å². The number of alkyl halides is 1. The van der Waals surface area contributed by atoms with Crippen LogP contribution < -0.4 is 0 Å². The third-order valence-corrected chi connectivity index (χ3v) is 0.691. The average Bonchev–Trinajstić information content (AvgIpc) is 1.69. The summed E-state index contributed by atoms with van der Waals surface area (Å²) in [7, 11) is 0. The summed E-state index contributed by atoms with van der Waals surface area (Å²) in [6.45, 7) is 0.835. The summed E-state index contributed by atoms with van der Waals surface area (Å²) in [5, 5.41) is 0. The van der Waals surface area contributed by atoms with Crippen molar-refractivity contribution in [2.45, 2.75) is 0 Å². The molecule has 0 aliphatic heterocycles. The van der Waals surface area contributed by atoms with Crippen LogP contribution >= 0.6 is 23.5 Å². The van der Waals surface area contributed by atoms with E-state index in [0.717, 1.165) is 0 Å². The molecule has 0 radical (unpaired) electrons. The van der Waals surface area contributed by atoms with Gasteiger partial charge in [0.05, 0.1) is 25.1 Å². The molecular formula is C3H6Cl2O2. The molecule has 7 heavy (non-hydrogen) atoms. The molecule has 0 aromatic carbocycles. The molecule has 0 amide bonds. The highest BCUT2D eigenvalue weighted by molar-refractivity contribution is 6.17. The van der Waals surface area contributed by atoms with E-state index in [2.05, 4.69) is 9.03 Å². The first kappa shape index (κ1) is 7.50. The van der Waals surface area contributed by atoms with Gasteiger partial charge in [-0.25, -0.2) is 0 Å². The van der Waals surface area contributed by atoms with Crippen LogP contribution in [0.25, 0.3) is 0 Å². The summed E-state index contributed by atoms with van der Waals surface area (Å²) in [4.78, 5) is 0. The molecule has 0 unspecified atom stereocenters. The zero-order chi connectivity index (χ0) is 5.54. The van der Waals surface area contributed by atoms with Gasteiger partial charge in [-0.2, -0.15) is 0 Å². The van der Waals surface area contributed by atoms with Crippen LogP contribution in [-0.4, -0.2) is 19.3 Å². The molecule has 0 spiro atoms. The lowest BCUT2D eigenvalue weighted by Gasteiger charge is -1.92. The van der Waals surface area contributed by atoms with Crippen LogP contribution in [0.4, 0.5) is 0 Å². The van der Waals surface area contributed by atoms with Crippen LogP contribution in [0.3, 0.4) is 0 Å². The smallest absolute Gasteiger partial charge is 0.120 e. The van der Waals surface area contributed by atoms with Gasteiger partial charge in [0.2, 0.25) is 0 Å². The van der Waals surface area contributed by atoms with Crippen molar-refractivity contribution in [1.29, 1.82) is 0 Å². The molecule has 44 valence electrons. The maximum atomic E-state index is 5.12. The maximum Gasteiger partial charge on any atom is 0.120 e. The van der Waals surface area contributed by atoms with Crippen LogP contribution in [0, 0.1) is 0 Å². The Morgan fingerprint density at radius 2 is 2.00 bits per heavy atom. The number of rotatable bonds is 4. The van der Waals surface area contributed by atoms with Gasteiger partial charge in [-0.1, -0.05) is 11.6 Å². The first-order chi connectivity index (χ1) is 3.41. The fourth-order valence-electron chi connectivity index (χ4n) is 0.145. The summed E-state index contributed by atoms with van der Waals surface area (Å²) in [5.41, 5.74) is 0. The largest absolute Gasteiger partial charge is 0.363 e. The zero-order valence-corrected chi connectivity index (χ0v) is 5.21. The quantitative estimate of drug-likeness (QED) is 0.439. The fourth-order valence-corrected chi connectivity index (χ4v) is 0.317. The molecule has 0 fully saturated rings. The lowest BCUT2D eigenvalue weighted by atomic mass is 10.8. The molecule has 0 bridgehead atoms. The van der Waals surface area contributed by atoms with Crippen molar-refractivity contribution in [2.75, 3.05) is 19.3 Å². The van der Waals surface area contributed by atoms with E-state index in [4.69, 9.17) is 23.5 Å². The van der Waals surface area contributed by atoms with Crippen LogP contribution in [0.1, 0.15) is 0 Å². The molecule has 0 aliphatic carbocycles. The van der Waals surface area contributed by atoms with E-state index in [1.54, 1.807) is 0 Å². The summed E-state index contributed by atoms with van der Waals surface area (Å²) < 4.78 is 8.76. The Kier molecular flexibility index (Phi) is 6.96. The van der Waals surface area contributed by atoms with E-state index in [1.807, 2.05) is 0 Å². The summed E-state index contributed by atoms with van der Waals surface area (Å²) in [5.74, 6) is 0. The minimum atomic E-state index is 0.195. The van der Waals surface area contributed by atoms with Gasteiger partial charge in [0, 0.05) is 0 Å². The van der Waals surface area contributed by atoms with Gasteiger partial charge in [0.25, 0.3) is 0 Å². The summed E-state index contributed by atoms with van der Waals surface area (Å²) in [6, 6.07) is 0.195. The Balaban J connectivity index is 2.45. The van der Waals surface area contributed by atoms with Crippen molar-refractivity contribution >= 4 is 23.5 Å². The van der Waals surface area contributed by atoms with E-state index >= 15 is 0 Å². The third-order valence-electron chi connectivity index (χ3n) is 0.382. The van der Waals surface area contributed by atoms with Gasteiger partial charge in [0.15, 0.2) is 0 Å². The van der Waals surface area contributed by atoms with E-state index in [0.29, 0.717) is 13.2 Å². The molecule has 0 aromatic rings. The van der Waals surface area contributed by atoms with Crippen LogP contribution in [0.15, 0.2) is 0 Å². The molecule has 0 aliphatic rings. The Hall–Kier alpha value is 0.500. The molecule has 0 saturated carbocycles. The highest BCUT2D eigenvalue weighted by Crippen LogP contribution is 1.81. The predicted molar refractivity (Wildman–Crippen MR) is 28.5 cm³/mol. The number of hydrogen-bond donors (Lipinski definition) is 0. The lowest BCUT2D eigenvalue weighted by Crippen LogP contribution is -1.96. The highest BCUT2D eigenvalue weighted by atomic mass is 35.5. The van der Waals surface area contributed by atoms with E-state index < -0.39 is 0 Å². The first-order valence-corrected chi connectivity index (χ1v) is 2.63. The number of halogens is 2. The van der Waals surface area contributed by atoms with Gasteiger partial charge in [-0.3, -0.25) is 4.29 Å². The van der Waals surface area contributed by atoms with E-state index in [1.165, 1.54) is 0 Å². The third kappa shape index (κ3) is 6.50. The minimum Gasteiger partial charge on any atom is -0.363 e. The second kappa shape index (κ2) is 6.50. The molecule has 0 rings (SSSR count). The molecule has 0 saturated heterocycles. The minimum absolute atomic E-state index is 0.195. The molecular weight excluding hydrogens is 139 g/mol. The normalized spacial score (nSPS) is 9.43. The molecule has 2 nitrogen and oxygen atoms in total. The second-order valence-corrected chi connectivity index (χ2v) is 1.27. The maximum absolute atomic E-state index is 5.12. The topological polar surface area (TPSA) is 18.5 Å². The second-order valence-electron chi connectivity index (χ2n) is 0.831. The Bertz CT molecular complexity index is 30.1. The average molecular weight is 145 g/mol. The monoisotopic (exact) mass is 144 g/mol. The van der Waals surface area contributed by atoms with E-state index in [9.17, 15) is 0 Å². The van der Waals surface area contributed by atoms with Gasteiger partial charge >= 0.3 is 0 Å². The molecule has 0 aromatic heterocycles. The Morgan fingerprint density at radius 3 is 2.43 bits per heavy atom. The van der Waals surface area contributed by atoms with Crippen molar-refractivity contribution in [3.8, 4) is 0 Å². The number of hydrogen-bond acceptors (Lipinski definition) is 2. The van der Waals surface area contributed by atoms with Crippen LogP contribution in [0.5, 0.6) is 0 Å². The van der Waals surface area contributed by atoms with Crippen molar-refractivity contribution in [3.63, 3.8) is 0 Å². The lowest BCUT2D eigenvalue weighted by molar-refractivity contribution is 0.138. The first-order valence-electron chi connectivity index (χ1n) is 1.79. The van der Waals surface area contributed by atoms with Crippen molar-refractivity contribution in [1.82, 2.24) is 0 Å². The molecule has 0 atom stereocenters. The predicted octanol–water partition coefficient (Wildman–Crippen LogP) is 1.37. The van der Waals surface area contributed by atoms with Crippen molar-refractivity contribution in [3.05, 3.63) is 0 Å². The van der Waals surface area contributed by atoms with Crippen molar-refractivity contribution in [2.24, 2.45) is 0 Å². The van der Waals surface area contributed by atoms with Gasteiger partial charge in [-0.15, -0.1) is 0 Å². The van der Waals surface area contributed by atoms with Crippen LogP contribution in [0.2, 0.25) is 0 Å². The summed E-state index contributed by atoms with van der Waals surface area (Å²) in [6.07, 6.45) is 0. The van der Waals surface area contributed by atoms with Gasteiger partial charge < -0.3 is 4.74 Å². The fraction of sp³-hybridized carbons (Fsp3) is 1.00. The SMILES string of the molecule is ClCOCCOCl. The number of ether oxygens (including phenoxy) is 1.